The van der Waals surface area contributed by atoms with Crippen LogP contribution in [0.25, 0.3) is 0 Å². The first-order valence-corrected chi connectivity index (χ1v) is 11.6. The minimum absolute atomic E-state index is 0.133. The molecule has 0 bridgehead atoms. The van der Waals surface area contributed by atoms with E-state index in [1.54, 1.807) is 35.7 Å². The summed E-state index contributed by atoms with van der Waals surface area (Å²) in [6, 6.07) is 19.4. The highest BCUT2D eigenvalue weighted by Crippen LogP contribution is 2.16. The van der Waals surface area contributed by atoms with E-state index in [0.29, 0.717) is 24.2 Å². The number of benzene rings is 2. The monoisotopic (exact) mass is 443 g/mol. The SMILES string of the molecule is O=C(CNS(=O)(=O)c1cccs1)Nc1ccccc1C(=O)NCCc1ccccc1. The lowest BCUT2D eigenvalue weighted by Gasteiger charge is -2.12. The zero-order valence-corrected chi connectivity index (χ0v) is 17.6. The third kappa shape index (κ3) is 5.99. The summed E-state index contributed by atoms with van der Waals surface area (Å²) in [6.07, 6.45) is 0.686. The molecule has 0 aliphatic heterocycles. The minimum Gasteiger partial charge on any atom is -0.352 e. The number of para-hydroxylation sites is 1. The van der Waals surface area contributed by atoms with Crippen molar-refractivity contribution in [2.45, 2.75) is 10.6 Å². The van der Waals surface area contributed by atoms with E-state index in [9.17, 15) is 18.0 Å². The molecule has 1 aromatic heterocycles. The van der Waals surface area contributed by atoms with Gasteiger partial charge >= 0.3 is 0 Å². The Morgan fingerprint density at radius 1 is 0.900 bits per heavy atom. The molecule has 2 amide bonds. The van der Waals surface area contributed by atoms with Crippen molar-refractivity contribution in [3.05, 3.63) is 83.2 Å². The minimum atomic E-state index is -3.74. The van der Waals surface area contributed by atoms with Crippen LogP contribution in [0.4, 0.5) is 5.69 Å². The Morgan fingerprint density at radius 3 is 2.37 bits per heavy atom. The highest BCUT2D eigenvalue weighted by atomic mass is 32.2. The number of nitrogens with one attached hydrogen (secondary N) is 3. The maximum Gasteiger partial charge on any atom is 0.253 e. The Kier molecular flexibility index (Phi) is 7.34. The van der Waals surface area contributed by atoms with Gasteiger partial charge in [-0.15, -0.1) is 11.3 Å². The van der Waals surface area contributed by atoms with E-state index in [-0.39, 0.29) is 10.1 Å². The summed E-state index contributed by atoms with van der Waals surface area (Å²) in [5.41, 5.74) is 1.73. The van der Waals surface area contributed by atoms with E-state index < -0.39 is 22.5 Å². The number of hydrogen-bond acceptors (Lipinski definition) is 5. The van der Waals surface area contributed by atoms with Crippen LogP contribution in [0.3, 0.4) is 0 Å². The van der Waals surface area contributed by atoms with E-state index in [2.05, 4.69) is 15.4 Å². The Morgan fingerprint density at radius 2 is 1.63 bits per heavy atom. The number of sulfonamides is 1. The van der Waals surface area contributed by atoms with Crippen LogP contribution in [0.1, 0.15) is 15.9 Å². The quantitative estimate of drug-likeness (QED) is 0.473. The van der Waals surface area contributed by atoms with E-state index in [0.717, 1.165) is 16.9 Å². The van der Waals surface area contributed by atoms with Crippen molar-refractivity contribution in [2.24, 2.45) is 0 Å². The second-order valence-electron chi connectivity index (χ2n) is 6.34. The number of carbonyl (C=O) groups is 2. The van der Waals surface area contributed by atoms with Crippen LogP contribution in [-0.4, -0.2) is 33.3 Å². The third-order valence-corrected chi connectivity index (χ3v) is 6.97. The van der Waals surface area contributed by atoms with Gasteiger partial charge in [0.2, 0.25) is 5.91 Å². The molecular formula is C21H21N3O4S2. The zero-order chi connectivity index (χ0) is 21.4. The molecule has 0 atom stereocenters. The fourth-order valence-electron chi connectivity index (χ4n) is 2.69. The smallest absolute Gasteiger partial charge is 0.253 e. The molecule has 2 aromatic carbocycles. The van der Waals surface area contributed by atoms with Gasteiger partial charge in [-0.25, -0.2) is 13.1 Å². The van der Waals surface area contributed by atoms with Crippen molar-refractivity contribution >= 4 is 38.9 Å². The molecule has 7 nitrogen and oxygen atoms in total. The molecule has 0 spiro atoms. The molecule has 0 aliphatic carbocycles. The van der Waals surface area contributed by atoms with Crippen molar-refractivity contribution in [1.82, 2.24) is 10.0 Å². The first-order valence-electron chi connectivity index (χ1n) is 9.20. The average Bonchev–Trinajstić information content (AvgIpc) is 3.29. The first kappa shape index (κ1) is 21.7. The second kappa shape index (κ2) is 10.1. The molecule has 156 valence electrons. The lowest BCUT2D eigenvalue weighted by molar-refractivity contribution is -0.115. The molecule has 3 N–H and O–H groups in total. The number of carbonyl (C=O) groups excluding carboxylic acids is 2. The Hall–Kier alpha value is -3.01. The Bertz CT molecular complexity index is 1100. The van der Waals surface area contributed by atoms with Gasteiger partial charge < -0.3 is 10.6 Å². The topological polar surface area (TPSA) is 104 Å². The van der Waals surface area contributed by atoms with Gasteiger partial charge in [0.1, 0.15) is 4.21 Å². The van der Waals surface area contributed by atoms with Crippen LogP contribution in [-0.2, 0) is 21.2 Å². The number of hydrogen-bond donors (Lipinski definition) is 3. The molecular weight excluding hydrogens is 422 g/mol. The van der Waals surface area contributed by atoms with Crippen LogP contribution in [0.5, 0.6) is 0 Å². The van der Waals surface area contributed by atoms with Gasteiger partial charge in [0.15, 0.2) is 0 Å². The van der Waals surface area contributed by atoms with Crippen LogP contribution < -0.4 is 15.4 Å². The van der Waals surface area contributed by atoms with Crippen molar-refractivity contribution in [2.75, 3.05) is 18.4 Å². The highest BCUT2D eigenvalue weighted by Gasteiger charge is 2.18. The molecule has 30 heavy (non-hydrogen) atoms. The number of thiophene rings is 1. The van der Waals surface area contributed by atoms with Crippen molar-refractivity contribution < 1.29 is 18.0 Å². The van der Waals surface area contributed by atoms with Gasteiger partial charge in [0, 0.05) is 6.54 Å². The Labute approximate surface area is 179 Å². The molecule has 0 saturated heterocycles. The summed E-state index contributed by atoms with van der Waals surface area (Å²) in [5.74, 6) is -0.888. The second-order valence-corrected chi connectivity index (χ2v) is 9.28. The molecule has 0 unspecified atom stereocenters. The standard InChI is InChI=1S/C21H21N3O4S2/c25-19(15-23-30(27,28)20-11-6-14-29-20)24-18-10-5-4-9-17(18)21(26)22-13-12-16-7-2-1-3-8-16/h1-11,14,23H,12-13,15H2,(H,22,26)(H,24,25). The van der Waals surface area contributed by atoms with Crippen LogP contribution in [0.2, 0.25) is 0 Å². The fraction of sp³-hybridized carbons (Fsp3) is 0.143. The number of rotatable bonds is 9. The van der Waals surface area contributed by atoms with E-state index >= 15 is 0 Å². The van der Waals surface area contributed by atoms with Gasteiger partial charge in [-0.1, -0.05) is 48.5 Å². The molecule has 3 aromatic rings. The first-order chi connectivity index (χ1) is 14.5. The third-order valence-electron chi connectivity index (χ3n) is 4.17. The van der Waals surface area contributed by atoms with Crippen LogP contribution in [0, 0.1) is 0 Å². The molecule has 0 radical (unpaired) electrons. The Balaban J connectivity index is 1.56. The summed E-state index contributed by atoms with van der Waals surface area (Å²) in [4.78, 5) is 24.8. The maximum absolute atomic E-state index is 12.5. The van der Waals surface area contributed by atoms with Gasteiger partial charge in [-0.3, -0.25) is 9.59 Å². The molecule has 3 rings (SSSR count). The van der Waals surface area contributed by atoms with Crippen LogP contribution in [0.15, 0.2) is 76.3 Å². The summed E-state index contributed by atoms with van der Waals surface area (Å²) in [7, 11) is -3.74. The lowest BCUT2D eigenvalue weighted by Crippen LogP contribution is -2.33. The molecule has 0 aliphatic rings. The molecule has 0 fully saturated rings. The molecule has 9 heteroatoms. The normalized spacial score (nSPS) is 11.1. The van der Waals surface area contributed by atoms with Gasteiger partial charge in [-0.2, -0.15) is 0 Å². The van der Waals surface area contributed by atoms with Crippen LogP contribution >= 0.6 is 11.3 Å². The van der Waals surface area contributed by atoms with E-state index in [1.165, 1.54) is 6.07 Å². The van der Waals surface area contributed by atoms with E-state index in [4.69, 9.17) is 0 Å². The fourth-order valence-corrected chi connectivity index (χ4v) is 4.71. The van der Waals surface area contributed by atoms with Crippen molar-refractivity contribution in [3.63, 3.8) is 0 Å². The lowest BCUT2D eigenvalue weighted by atomic mass is 10.1. The summed E-state index contributed by atoms with van der Waals surface area (Å²) < 4.78 is 26.6. The number of anilines is 1. The summed E-state index contributed by atoms with van der Waals surface area (Å²) in [5, 5.41) is 7.07. The highest BCUT2D eigenvalue weighted by molar-refractivity contribution is 7.91. The predicted octanol–water partition coefficient (Wildman–Crippen LogP) is 2.64. The van der Waals surface area contributed by atoms with Gasteiger partial charge in [0.05, 0.1) is 17.8 Å². The summed E-state index contributed by atoms with van der Waals surface area (Å²) >= 11 is 1.06. The average molecular weight is 444 g/mol. The summed E-state index contributed by atoms with van der Waals surface area (Å²) in [6.45, 7) is 0.00986. The van der Waals surface area contributed by atoms with Gasteiger partial charge in [0.25, 0.3) is 15.9 Å². The maximum atomic E-state index is 12.5. The molecule has 1 heterocycles. The van der Waals surface area contributed by atoms with E-state index in [1.807, 2.05) is 30.3 Å². The number of amides is 2. The predicted molar refractivity (Wildman–Crippen MR) is 117 cm³/mol. The largest absolute Gasteiger partial charge is 0.352 e. The van der Waals surface area contributed by atoms with Crippen molar-refractivity contribution in [1.29, 1.82) is 0 Å². The van der Waals surface area contributed by atoms with Crippen molar-refractivity contribution in [3.8, 4) is 0 Å². The zero-order valence-electron chi connectivity index (χ0n) is 16.0. The van der Waals surface area contributed by atoms with Gasteiger partial charge in [-0.05, 0) is 35.6 Å². The molecule has 0 saturated carbocycles.